The number of fused-ring (bicyclic) bond motifs is 1. The van der Waals surface area contributed by atoms with Crippen molar-refractivity contribution < 1.29 is 23.9 Å². The van der Waals surface area contributed by atoms with E-state index >= 15 is 0 Å². The zero-order chi connectivity index (χ0) is 26.1. The molecule has 0 N–H and O–H groups in total. The standard InChI is InChI=1S/C27H23Cl2N3O5/c1-36-21-8-9-24-22(14-21)27(35)31(16-32(24)25(33)12-17-2-3-18(28)13-23(17)29)20-6-4-19(5-7-20)30-10-11-37-15-26(30)34/h2-9,13-14H,10-12,15-16H2,1H3. The van der Waals surface area contributed by atoms with E-state index in [1.165, 1.54) is 12.0 Å². The van der Waals surface area contributed by atoms with E-state index in [1.807, 2.05) is 0 Å². The minimum Gasteiger partial charge on any atom is -0.497 e. The Kier molecular flexibility index (Phi) is 7.06. The molecule has 2 heterocycles. The van der Waals surface area contributed by atoms with Crippen LogP contribution in [0.4, 0.5) is 17.1 Å². The van der Waals surface area contributed by atoms with Crippen molar-refractivity contribution in [2.75, 3.05) is 48.2 Å². The van der Waals surface area contributed by atoms with Crippen molar-refractivity contribution >= 4 is 58.0 Å². The molecule has 3 aromatic carbocycles. The van der Waals surface area contributed by atoms with Crippen molar-refractivity contribution in [2.24, 2.45) is 0 Å². The average molecular weight is 540 g/mol. The molecular weight excluding hydrogens is 517 g/mol. The molecule has 0 unspecified atom stereocenters. The highest BCUT2D eigenvalue weighted by Crippen LogP contribution is 2.34. The number of nitrogens with zero attached hydrogens (tertiary/aromatic N) is 3. The van der Waals surface area contributed by atoms with Crippen LogP contribution in [0.25, 0.3) is 0 Å². The summed E-state index contributed by atoms with van der Waals surface area (Å²) in [5.41, 5.74) is 2.77. The number of benzene rings is 3. The molecule has 0 aliphatic carbocycles. The lowest BCUT2D eigenvalue weighted by Gasteiger charge is -2.37. The zero-order valence-electron chi connectivity index (χ0n) is 19.9. The average Bonchev–Trinajstić information content (AvgIpc) is 2.91. The smallest absolute Gasteiger partial charge is 0.262 e. The number of halogens is 2. The van der Waals surface area contributed by atoms with Crippen LogP contribution in [-0.4, -0.2) is 51.3 Å². The Labute approximate surface area is 223 Å². The summed E-state index contributed by atoms with van der Waals surface area (Å²) >= 11 is 12.3. The number of morpholine rings is 1. The van der Waals surface area contributed by atoms with Gasteiger partial charge in [-0.3, -0.25) is 24.2 Å². The number of hydrogen-bond acceptors (Lipinski definition) is 5. The fourth-order valence-electron chi connectivity index (χ4n) is 4.42. The lowest BCUT2D eigenvalue weighted by molar-refractivity contribution is -0.125. The number of hydrogen-bond donors (Lipinski definition) is 0. The predicted molar refractivity (Wildman–Crippen MR) is 142 cm³/mol. The van der Waals surface area contributed by atoms with Gasteiger partial charge in [0.15, 0.2) is 0 Å². The van der Waals surface area contributed by atoms with Gasteiger partial charge in [-0.2, -0.15) is 0 Å². The first-order chi connectivity index (χ1) is 17.9. The number of rotatable bonds is 5. The Morgan fingerprint density at radius 2 is 1.70 bits per heavy atom. The summed E-state index contributed by atoms with van der Waals surface area (Å²) in [5, 5.41) is 0.879. The van der Waals surface area contributed by atoms with Gasteiger partial charge in [0.05, 0.1) is 31.4 Å². The highest BCUT2D eigenvalue weighted by Gasteiger charge is 2.34. The van der Waals surface area contributed by atoms with Crippen molar-refractivity contribution in [1.82, 2.24) is 0 Å². The highest BCUT2D eigenvalue weighted by atomic mass is 35.5. The van der Waals surface area contributed by atoms with E-state index in [0.29, 0.717) is 57.1 Å². The van der Waals surface area contributed by atoms with Crippen LogP contribution in [0.2, 0.25) is 10.0 Å². The Bertz CT molecular complexity index is 1380. The van der Waals surface area contributed by atoms with Gasteiger partial charge in [0.2, 0.25) is 5.91 Å². The lowest BCUT2D eigenvalue weighted by Crippen LogP contribution is -2.50. The van der Waals surface area contributed by atoms with Gasteiger partial charge < -0.3 is 14.4 Å². The Balaban J connectivity index is 1.47. The molecular formula is C27H23Cl2N3O5. The molecule has 0 atom stereocenters. The van der Waals surface area contributed by atoms with E-state index in [4.69, 9.17) is 32.7 Å². The van der Waals surface area contributed by atoms with Gasteiger partial charge in [0.25, 0.3) is 11.8 Å². The molecule has 3 amide bonds. The maximum atomic E-state index is 13.6. The van der Waals surface area contributed by atoms with E-state index in [9.17, 15) is 14.4 Å². The summed E-state index contributed by atoms with van der Waals surface area (Å²) in [4.78, 5) is 44.0. The van der Waals surface area contributed by atoms with Crippen LogP contribution in [0, 0.1) is 0 Å². The van der Waals surface area contributed by atoms with Gasteiger partial charge in [-0.1, -0.05) is 29.3 Å². The molecule has 10 heteroatoms. The first kappa shape index (κ1) is 25.1. The molecule has 1 saturated heterocycles. The fraction of sp³-hybridized carbons (Fsp3) is 0.222. The second-order valence-electron chi connectivity index (χ2n) is 8.61. The number of carbonyl (C=O) groups excluding carboxylic acids is 3. The van der Waals surface area contributed by atoms with Gasteiger partial charge in [-0.05, 0) is 60.2 Å². The van der Waals surface area contributed by atoms with E-state index < -0.39 is 0 Å². The normalized spacial score (nSPS) is 15.6. The second-order valence-corrected chi connectivity index (χ2v) is 9.45. The minimum absolute atomic E-state index is 0.0119. The quantitative estimate of drug-likeness (QED) is 0.474. The van der Waals surface area contributed by atoms with Crippen molar-refractivity contribution in [1.29, 1.82) is 0 Å². The third kappa shape index (κ3) is 5.00. The van der Waals surface area contributed by atoms with E-state index in [2.05, 4.69) is 0 Å². The highest BCUT2D eigenvalue weighted by molar-refractivity contribution is 6.35. The summed E-state index contributed by atoms with van der Waals surface area (Å²) < 4.78 is 10.5. The van der Waals surface area contributed by atoms with Crippen molar-refractivity contribution in [3.63, 3.8) is 0 Å². The fourth-order valence-corrected chi connectivity index (χ4v) is 4.89. The predicted octanol–water partition coefficient (Wildman–Crippen LogP) is 4.56. The van der Waals surface area contributed by atoms with E-state index in [0.717, 1.165) is 0 Å². The van der Waals surface area contributed by atoms with Gasteiger partial charge in [-0.15, -0.1) is 0 Å². The summed E-state index contributed by atoms with van der Waals surface area (Å²) in [6.07, 6.45) is 0.0293. The van der Waals surface area contributed by atoms with Gasteiger partial charge in [0.1, 0.15) is 19.0 Å². The molecule has 0 spiro atoms. The Morgan fingerprint density at radius 3 is 2.38 bits per heavy atom. The van der Waals surface area contributed by atoms with Crippen molar-refractivity contribution in [2.45, 2.75) is 6.42 Å². The first-order valence-electron chi connectivity index (χ1n) is 11.6. The largest absolute Gasteiger partial charge is 0.497 e. The molecule has 2 aliphatic rings. The molecule has 1 fully saturated rings. The first-order valence-corrected chi connectivity index (χ1v) is 12.3. The maximum Gasteiger partial charge on any atom is 0.262 e. The summed E-state index contributed by atoms with van der Waals surface area (Å²) in [5.74, 6) is -0.115. The number of anilines is 3. The van der Waals surface area contributed by atoms with Crippen LogP contribution in [-0.2, 0) is 20.7 Å². The molecule has 2 aliphatic heterocycles. The molecule has 3 aromatic rings. The monoisotopic (exact) mass is 539 g/mol. The van der Waals surface area contributed by atoms with Gasteiger partial charge >= 0.3 is 0 Å². The van der Waals surface area contributed by atoms with Crippen LogP contribution in [0.1, 0.15) is 15.9 Å². The van der Waals surface area contributed by atoms with Crippen LogP contribution in [0.5, 0.6) is 5.75 Å². The van der Waals surface area contributed by atoms with Crippen LogP contribution in [0.3, 0.4) is 0 Å². The third-order valence-electron chi connectivity index (χ3n) is 6.37. The van der Waals surface area contributed by atoms with E-state index in [-0.39, 0.29) is 37.4 Å². The third-order valence-corrected chi connectivity index (χ3v) is 6.96. The lowest BCUT2D eigenvalue weighted by atomic mass is 10.0. The molecule has 0 bridgehead atoms. The van der Waals surface area contributed by atoms with Crippen LogP contribution in [0.15, 0.2) is 60.7 Å². The Morgan fingerprint density at radius 1 is 0.973 bits per heavy atom. The number of amides is 3. The van der Waals surface area contributed by atoms with Crippen LogP contribution < -0.4 is 19.4 Å². The van der Waals surface area contributed by atoms with Gasteiger partial charge in [0, 0.05) is 28.0 Å². The Hall–Kier alpha value is -3.59. The number of carbonyl (C=O) groups is 3. The molecule has 0 saturated carbocycles. The number of ether oxygens (including phenoxy) is 2. The molecule has 0 aromatic heterocycles. The topological polar surface area (TPSA) is 79.4 Å². The maximum absolute atomic E-state index is 13.6. The zero-order valence-corrected chi connectivity index (χ0v) is 21.5. The van der Waals surface area contributed by atoms with Crippen LogP contribution >= 0.6 is 23.2 Å². The molecule has 37 heavy (non-hydrogen) atoms. The van der Waals surface area contributed by atoms with Gasteiger partial charge in [-0.25, -0.2) is 0 Å². The molecule has 0 radical (unpaired) electrons. The molecule has 190 valence electrons. The summed E-state index contributed by atoms with van der Waals surface area (Å²) in [6.45, 7) is 0.979. The summed E-state index contributed by atoms with van der Waals surface area (Å²) in [7, 11) is 1.52. The molecule has 8 nitrogen and oxygen atoms in total. The molecule has 5 rings (SSSR count). The summed E-state index contributed by atoms with van der Waals surface area (Å²) in [6, 6.07) is 17.1. The minimum atomic E-state index is -0.266. The van der Waals surface area contributed by atoms with E-state index in [1.54, 1.807) is 70.5 Å². The van der Waals surface area contributed by atoms with Crippen molar-refractivity contribution in [3.05, 3.63) is 81.8 Å². The van der Waals surface area contributed by atoms with Crippen molar-refractivity contribution in [3.8, 4) is 5.75 Å². The SMILES string of the molecule is COc1ccc2c(c1)C(=O)N(c1ccc(N3CCOCC3=O)cc1)CN2C(=O)Cc1ccc(Cl)cc1Cl. The second kappa shape index (κ2) is 10.4. The number of methoxy groups -OCH3 is 1.